The molecular weight excluding hydrogens is 652 g/mol. The first-order valence-corrected chi connectivity index (χ1v) is 17.2. The van der Waals surface area contributed by atoms with Gasteiger partial charge in [0.25, 0.3) is 0 Å². The SMILES string of the molecule is CC(=O)OC(C)(C)/C=C/C(=O)[C@](C)(O)C1[C@H](O)C[C@@]2(C)C3CCc4c(cc(O[C@@H]5O[C@H](CO)[C@@H](O)[C@H](O)[C@H]5O)c(O)c4C)C3(C)C(=O)CC12C. The van der Waals surface area contributed by atoms with E-state index in [1.807, 2.05) is 20.8 Å². The Labute approximate surface area is 291 Å². The number of hydrogen-bond donors (Lipinski definition) is 7. The fourth-order valence-electron chi connectivity index (χ4n) is 9.98. The molecule has 13 heteroatoms. The van der Waals surface area contributed by atoms with Crippen LogP contribution in [0.4, 0.5) is 0 Å². The van der Waals surface area contributed by atoms with E-state index in [1.165, 1.54) is 26.0 Å². The van der Waals surface area contributed by atoms with E-state index in [4.69, 9.17) is 14.2 Å². The number of ether oxygens (including phenoxy) is 3. The Morgan fingerprint density at radius 2 is 1.70 bits per heavy atom. The molecular formula is C37H52O13. The molecule has 0 aromatic heterocycles. The van der Waals surface area contributed by atoms with Gasteiger partial charge in [-0.3, -0.25) is 14.4 Å². The fourth-order valence-corrected chi connectivity index (χ4v) is 9.98. The molecule has 50 heavy (non-hydrogen) atoms. The first-order valence-electron chi connectivity index (χ1n) is 17.2. The van der Waals surface area contributed by atoms with Crippen LogP contribution in [0.25, 0.3) is 0 Å². The second-order valence-electron chi connectivity index (χ2n) is 16.2. The van der Waals surface area contributed by atoms with Gasteiger partial charge in [-0.2, -0.15) is 0 Å². The summed E-state index contributed by atoms with van der Waals surface area (Å²) < 4.78 is 16.7. The van der Waals surface area contributed by atoms with Crippen LogP contribution in [0, 0.1) is 29.6 Å². The van der Waals surface area contributed by atoms with Crippen LogP contribution in [-0.2, 0) is 35.7 Å². The Balaban J connectivity index is 1.52. The predicted octanol–water partition coefficient (Wildman–Crippen LogP) is 1.28. The zero-order valence-electron chi connectivity index (χ0n) is 30.0. The maximum Gasteiger partial charge on any atom is 0.303 e. The zero-order valence-corrected chi connectivity index (χ0v) is 30.0. The third-order valence-corrected chi connectivity index (χ3v) is 12.7. The second-order valence-corrected chi connectivity index (χ2v) is 16.2. The molecule has 3 fully saturated rings. The quantitative estimate of drug-likeness (QED) is 0.150. The van der Waals surface area contributed by atoms with Crippen LogP contribution in [0.1, 0.15) is 84.4 Å². The van der Waals surface area contributed by atoms with Crippen LogP contribution < -0.4 is 4.74 Å². The smallest absolute Gasteiger partial charge is 0.303 e. The second kappa shape index (κ2) is 12.6. The largest absolute Gasteiger partial charge is 0.504 e. The van der Waals surface area contributed by atoms with Gasteiger partial charge in [0.1, 0.15) is 41.4 Å². The van der Waals surface area contributed by atoms with Crippen molar-refractivity contribution in [1.82, 2.24) is 0 Å². The number of esters is 1. The highest BCUT2D eigenvalue weighted by atomic mass is 16.7. The normalized spacial score (nSPS) is 39.7. The molecule has 4 aliphatic rings. The van der Waals surface area contributed by atoms with Crippen LogP contribution in [0.3, 0.4) is 0 Å². The van der Waals surface area contributed by atoms with Gasteiger partial charge < -0.3 is 50.0 Å². The van der Waals surface area contributed by atoms with E-state index in [2.05, 4.69) is 0 Å². The number of phenols is 1. The van der Waals surface area contributed by atoms with Crippen LogP contribution >= 0.6 is 0 Å². The number of rotatable bonds is 8. The maximum absolute atomic E-state index is 14.7. The number of carbonyl (C=O) groups is 3. The highest BCUT2D eigenvalue weighted by molar-refractivity contribution is 5.98. The van der Waals surface area contributed by atoms with Gasteiger partial charge in [0, 0.05) is 19.3 Å². The Kier molecular flexibility index (Phi) is 9.69. The van der Waals surface area contributed by atoms with E-state index < -0.39 is 88.5 Å². The van der Waals surface area contributed by atoms with Crippen molar-refractivity contribution in [3.05, 3.63) is 34.9 Å². The molecule has 0 spiro atoms. The average Bonchev–Trinajstić information content (AvgIpc) is 3.22. The molecule has 1 saturated heterocycles. The lowest BCUT2D eigenvalue weighted by Crippen LogP contribution is -2.63. The Bertz CT molecular complexity index is 1580. The molecule has 0 amide bonds. The highest BCUT2D eigenvalue weighted by Gasteiger charge is 2.73. The third kappa shape index (κ3) is 5.69. The lowest BCUT2D eigenvalue weighted by molar-refractivity contribution is -0.277. The maximum atomic E-state index is 14.7. The Morgan fingerprint density at radius 3 is 2.30 bits per heavy atom. The fraction of sp³-hybridized carbons (Fsp3) is 0.703. The summed E-state index contributed by atoms with van der Waals surface area (Å²) in [5, 5.41) is 75.6. The topological polar surface area (TPSA) is 221 Å². The van der Waals surface area contributed by atoms with Crippen LogP contribution in [-0.4, -0.2) is 108 Å². The lowest BCUT2D eigenvalue weighted by Gasteiger charge is -2.61. The molecule has 12 atom stereocenters. The molecule has 0 radical (unpaired) electrons. The van der Waals surface area contributed by atoms with Crippen LogP contribution in [0.5, 0.6) is 11.5 Å². The first kappa shape index (κ1) is 38.3. The Morgan fingerprint density at radius 1 is 1.06 bits per heavy atom. The summed E-state index contributed by atoms with van der Waals surface area (Å²) in [5.41, 5.74) is -4.34. The minimum Gasteiger partial charge on any atom is -0.504 e. The highest BCUT2D eigenvalue weighted by Crippen LogP contribution is 2.72. The first-order chi connectivity index (χ1) is 23.0. The van der Waals surface area contributed by atoms with Gasteiger partial charge in [0.05, 0.1) is 18.1 Å². The molecule has 3 aliphatic carbocycles. The van der Waals surface area contributed by atoms with Crippen LogP contribution in [0.15, 0.2) is 18.2 Å². The molecule has 13 nitrogen and oxygen atoms in total. The van der Waals surface area contributed by atoms with Crippen molar-refractivity contribution in [1.29, 1.82) is 0 Å². The molecule has 2 saturated carbocycles. The van der Waals surface area contributed by atoms with Crippen molar-refractivity contribution in [2.24, 2.45) is 22.7 Å². The predicted molar refractivity (Wildman–Crippen MR) is 177 cm³/mol. The monoisotopic (exact) mass is 704 g/mol. The summed E-state index contributed by atoms with van der Waals surface area (Å²) in [4.78, 5) is 39.8. The van der Waals surface area contributed by atoms with Crippen molar-refractivity contribution >= 4 is 17.5 Å². The molecule has 5 rings (SSSR count). The van der Waals surface area contributed by atoms with E-state index in [9.17, 15) is 50.1 Å². The van der Waals surface area contributed by atoms with Crippen molar-refractivity contribution in [2.75, 3.05) is 6.61 Å². The van der Waals surface area contributed by atoms with Gasteiger partial charge in [-0.15, -0.1) is 0 Å². The number of phenolic OH excluding ortho intramolecular Hbond substituents is 1. The van der Waals surface area contributed by atoms with Gasteiger partial charge in [-0.1, -0.05) is 13.8 Å². The molecule has 1 aliphatic heterocycles. The molecule has 4 unspecified atom stereocenters. The van der Waals surface area contributed by atoms with E-state index in [0.29, 0.717) is 24.0 Å². The van der Waals surface area contributed by atoms with Crippen molar-refractivity contribution < 1.29 is 64.3 Å². The van der Waals surface area contributed by atoms with E-state index in [1.54, 1.807) is 20.8 Å². The summed E-state index contributed by atoms with van der Waals surface area (Å²) in [6, 6.07) is 1.54. The van der Waals surface area contributed by atoms with Gasteiger partial charge in [0.2, 0.25) is 6.29 Å². The molecule has 1 aromatic rings. The van der Waals surface area contributed by atoms with Crippen molar-refractivity contribution in [2.45, 2.75) is 135 Å². The summed E-state index contributed by atoms with van der Waals surface area (Å²) in [6.45, 7) is 12.5. The van der Waals surface area contributed by atoms with Gasteiger partial charge in [-0.05, 0) is 106 Å². The molecule has 1 aromatic carbocycles. The number of benzene rings is 1. The summed E-state index contributed by atoms with van der Waals surface area (Å²) >= 11 is 0. The lowest BCUT2D eigenvalue weighted by atomic mass is 9.41. The van der Waals surface area contributed by atoms with Gasteiger partial charge in [0.15, 0.2) is 17.3 Å². The molecule has 278 valence electrons. The third-order valence-electron chi connectivity index (χ3n) is 12.7. The minimum atomic E-state index is -2.08. The number of aliphatic hydroxyl groups is 6. The Hall–Kier alpha value is -2.91. The summed E-state index contributed by atoms with van der Waals surface area (Å²) in [6.07, 6.45) is -5.31. The van der Waals surface area contributed by atoms with E-state index >= 15 is 0 Å². The zero-order chi connectivity index (χ0) is 37.5. The molecule has 7 N–H and O–H groups in total. The number of hydrogen-bond acceptors (Lipinski definition) is 13. The number of aromatic hydroxyl groups is 1. The minimum absolute atomic E-state index is 0.0768. The van der Waals surface area contributed by atoms with Gasteiger partial charge in [-0.25, -0.2) is 0 Å². The van der Waals surface area contributed by atoms with Crippen molar-refractivity contribution in [3.8, 4) is 11.5 Å². The number of carbonyl (C=O) groups excluding carboxylic acids is 3. The molecule has 1 heterocycles. The van der Waals surface area contributed by atoms with Gasteiger partial charge >= 0.3 is 5.97 Å². The van der Waals surface area contributed by atoms with E-state index in [0.717, 1.165) is 11.6 Å². The average molecular weight is 705 g/mol. The molecule has 0 bridgehead atoms. The number of ketones is 2. The van der Waals surface area contributed by atoms with E-state index in [-0.39, 0.29) is 36.0 Å². The summed E-state index contributed by atoms with van der Waals surface area (Å²) in [5.74, 6) is -3.18. The number of Topliss-reactive ketones (excluding diaryl/α,β-unsaturated/α-hetero) is 1. The number of fused-ring (bicyclic) bond motifs is 5. The summed E-state index contributed by atoms with van der Waals surface area (Å²) in [7, 11) is 0. The van der Waals surface area contributed by atoms with Crippen LogP contribution in [0.2, 0.25) is 0 Å². The number of aliphatic hydroxyl groups excluding tert-OH is 5. The van der Waals surface area contributed by atoms with Crippen molar-refractivity contribution in [3.63, 3.8) is 0 Å². The standard InChI is InChI=1S/C37H52O13/c1-17-19-9-10-24-34(5)14-21(40)31(37(8,47)25(41)11-12-33(3,4)50-18(2)39)35(34,6)15-26(42)36(24,7)20(19)13-22(27(17)43)48-32-30(46)29(45)28(44)23(16-38)49-32/h11-13,21,23-24,28-32,38,40,43-47H,9-10,14-16H2,1-8H3/b12-11+/t21-,23-,24?,28-,29+,30-,31?,32-,34+,35?,36?,37+/m1/s1.